The molecule has 96 valence electrons. The zero-order chi connectivity index (χ0) is 13.5. The summed E-state index contributed by atoms with van der Waals surface area (Å²) in [4.78, 5) is 11.7. The first-order valence-corrected chi connectivity index (χ1v) is 6.13. The number of carbonyl (C=O) groups excluding carboxylic acids is 1. The molecule has 1 atom stereocenters. The average Bonchev–Trinajstić information content (AvgIpc) is 2.38. The number of ether oxygens (including phenoxy) is 1. The third kappa shape index (κ3) is 3.64. The summed E-state index contributed by atoms with van der Waals surface area (Å²) in [5.74, 6) is -0.321. The molecule has 1 rings (SSSR count). The molecule has 1 unspecified atom stereocenters. The largest absolute Gasteiger partial charge is 0.464 e. The second kappa shape index (κ2) is 6.87. The van der Waals surface area contributed by atoms with Crippen LogP contribution in [0.5, 0.6) is 0 Å². The molecule has 0 aliphatic heterocycles. The van der Waals surface area contributed by atoms with E-state index in [-0.39, 0.29) is 5.97 Å². The van der Waals surface area contributed by atoms with Crippen LogP contribution in [-0.2, 0) is 9.53 Å². The van der Waals surface area contributed by atoms with Crippen LogP contribution in [0.2, 0.25) is 5.02 Å². The van der Waals surface area contributed by atoms with Crippen LogP contribution in [0.1, 0.15) is 25.8 Å². The van der Waals surface area contributed by atoms with Crippen LogP contribution in [0.4, 0.5) is 5.69 Å². The molecule has 0 amide bonds. The van der Waals surface area contributed by atoms with Crippen molar-refractivity contribution in [1.29, 1.82) is 5.26 Å². The van der Waals surface area contributed by atoms with Crippen LogP contribution < -0.4 is 5.32 Å². The number of halogens is 1. The standard InChI is InChI=1S/C13H15ClN2O2/c1-3-11(13(17)18-4-2)16-12-7-9(8-15)5-6-10(12)14/h5-7,11,16H,3-4H2,1-2H3. The highest BCUT2D eigenvalue weighted by molar-refractivity contribution is 6.33. The summed E-state index contributed by atoms with van der Waals surface area (Å²) in [5.41, 5.74) is 1.05. The lowest BCUT2D eigenvalue weighted by atomic mass is 10.1. The Hall–Kier alpha value is -1.73. The predicted molar refractivity (Wildman–Crippen MR) is 70.5 cm³/mol. The molecular formula is C13H15ClN2O2. The SMILES string of the molecule is CCOC(=O)C(CC)Nc1cc(C#N)ccc1Cl. The van der Waals surface area contributed by atoms with E-state index in [0.717, 1.165) is 0 Å². The first-order chi connectivity index (χ1) is 8.62. The Morgan fingerprint density at radius 1 is 1.56 bits per heavy atom. The first kappa shape index (κ1) is 14.3. The zero-order valence-corrected chi connectivity index (χ0v) is 11.1. The van der Waals surface area contributed by atoms with E-state index < -0.39 is 6.04 Å². The van der Waals surface area contributed by atoms with E-state index in [1.807, 2.05) is 13.0 Å². The summed E-state index contributed by atoms with van der Waals surface area (Å²) in [5, 5.41) is 12.3. The number of carbonyl (C=O) groups is 1. The van der Waals surface area contributed by atoms with E-state index in [1.165, 1.54) is 0 Å². The summed E-state index contributed by atoms with van der Waals surface area (Å²) in [7, 11) is 0. The van der Waals surface area contributed by atoms with E-state index in [1.54, 1.807) is 25.1 Å². The summed E-state index contributed by atoms with van der Waals surface area (Å²) < 4.78 is 4.95. The molecule has 0 saturated heterocycles. The third-order valence-corrected chi connectivity index (χ3v) is 2.73. The van der Waals surface area contributed by atoms with E-state index in [9.17, 15) is 4.79 Å². The molecule has 5 heteroatoms. The molecular weight excluding hydrogens is 252 g/mol. The highest BCUT2D eigenvalue weighted by atomic mass is 35.5. The topological polar surface area (TPSA) is 62.1 Å². The normalized spacial score (nSPS) is 11.4. The van der Waals surface area contributed by atoms with Crippen molar-refractivity contribution >= 4 is 23.3 Å². The number of nitrogens with one attached hydrogen (secondary N) is 1. The van der Waals surface area contributed by atoms with Gasteiger partial charge in [0.05, 0.1) is 28.9 Å². The predicted octanol–water partition coefficient (Wildman–Crippen LogP) is 2.97. The van der Waals surface area contributed by atoms with Gasteiger partial charge in [0.25, 0.3) is 0 Å². The van der Waals surface area contributed by atoms with Crippen molar-refractivity contribution in [2.75, 3.05) is 11.9 Å². The molecule has 18 heavy (non-hydrogen) atoms. The van der Waals surface area contributed by atoms with Gasteiger partial charge in [-0.3, -0.25) is 0 Å². The molecule has 0 spiro atoms. The Morgan fingerprint density at radius 3 is 2.83 bits per heavy atom. The van der Waals surface area contributed by atoms with E-state index in [2.05, 4.69) is 5.32 Å². The average molecular weight is 267 g/mol. The van der Waals surface area contributed by atoms with Gasteiger partial charge in [-0.1, -0.05) is 18.5 Å². The van der Waals surface area contributed by atoms with Gasteiger partial charge in [0.15, 0.2) is 0 Å². The van der Waals surface area contributed by atoms with Crippen LogP contribution in [0.3, 0.4) is 0 Å². The third-order valence-electron chi connectivity index (χ3n) is 2.40. The highest BCUT2D eigenvalue weighted by Gasteiger charge is 2.18. The van der Waals surface area contributed by atoms with Crippen molar-refractivity contribution in [3.63, 3.8) is 0 Å². The zero-order valence-electron chi connectivity index (χ0n) is 10.4. The Bertz CT molecular complexity index is 469. The van der Waals surface area contributed by atoms with Crippen LogP contribution in [0, 0.1) is 11.3 Å². The molecule has 0 bridgehead atoms. The maximum atomic E-state index is 11.7. The van der Waals surface area contributed by atoms with E-state index in [0.29, 0.717) is 29.3 Å². The van der Waals surface area contributed by atoms with Crippen molar-refractivity contribution in [2.24, 2.45) is 0 Å². The van der Waals surface area contributed by atoms with Crippen LogP contribution in [-0.4, -0.2) is 18.6 Å². The molecule has 0 fully saturated rings. The minimum atomic E-state index is -0.462. The van der Waals surface area contributed by atoms with Gasteiger partial charge in [-0.15, -0.1) is 0 Å². The summed E-state index contributed by atoms with van der Waals surface area (Å²) in [6.07, 6.45) is 0.575. The quantitative estimate of drug-likeness (QED) is 0.833. The number of nitrogens with zero attached hydrogens (tertiary/aromatic N) is 1. The molecule has 0 aliphatic carbocycles. The van der Waals surface area contributed by atoms with Gasteiger partial charge >= 0.3 is 5.97 Å². The van der Waals surface area contributed by atoms with E-state index in [4.69, 9.17) is 21.6 Å². The van der Waals surface area contributed by atoms with Crippen molar-refractivity contribution in [1.82, 2.24) is 0 Å². The molecule has 0 aromatic heterocycles. The number of nitriles is 1. The number of benzene rings is 1. The van der Waals surface area contributed by atoms with Gasteiger partial charge in [0.1, 0.15) is 6.04 Å². The fraction of sp³-hybridized carbons (Fsp3) is 0.385. The molecule has 1 N–H and O–H groups in total. The van der Waals surface area contributed by atoms with Crippen molar-refractivity contribution in [3.05, 3.63) is 28.8 Å². The smallest absolute Gasteiger partial charge is 0.328 e. The van der Waals surface area contributed by atoms with Gasteiger partial charge in [-0.2, -0.15) is 5.26 Å². The molecule has 0 radical (unpaired) electrons. The van der Waals surface area contributed by atoms with Gasteiger partial charge in [-0.05, 0) is 31.5 Å². The second-order valence-corrected chi connectivity index (χ2v) is 4.07. The van der Waals surface area contributed by atoms with Crippen molar-refractivity contribution in [2.45, 2.75) is 26.3 Å². The lowest BCUT2D eigenvalue weighted by Gasteiger charge is -2.17. The Morgan fingerprint density at radius 2 is 2.28 bits per heavy atom. The molecule has 0 heterocycles. The number of anilines is 1. The molecule has 1 aromatic rings. The summed E-state index contributed by atoms with van der Waals surface area (Å²) in [6.45, 7) is 3.97. The number of esters is 1. The first-order valence-electron chi connectivity index (χ1n) is 5.75. The monoisotopic (exact) mass is 266 g/mol. The second-order valence-electron chi connectivity index (χ2n) is 3.66. The fourth-order valence-electron chi connectivity index (χ4n) is 1.46. The lowest BCUT2D eigenvalue weighted by Crippen LogP contribution is -2.30. The number of rotatable bonds is 5. The van der Waals surface area contributed by atoms with Gasteiger partial charge in [0.2, 0.25) is 0 Å². The molecule has 1 aromatic carbocycles. The maximum Gasteiger partial charge on any atom is 0.328 e. The summed E-state index contributed by atoms with van der Waals surface area (Å²) >= 11 is 6.01. The van der Waals surface area contributed by atoms with Crippen LogP contribution in [0.15, 0.2) is 18.2 Å². The van der Waals surface area contributed by atoms with Gasteiger partial charge in [0, 0.05) is 0 Å². The molecule has 4 nitrogen and oxygen atoms in total. The van der Waals surface area contributed by atoms with Crippen molar-refractivity contribution in [3.8, 4) is 6.07 Å². The van der Waals surface area contributed by atoms with E-state index >= 15 is 0 Å². The van der Waals surface area contributed by atoms with Crippen LogP contribution in [0.25, 0.3) is 0 Å². The molecule has 0 aliphatic rings. The Labute approximate surface area is 112 Å². The van der Waals surface area contributed by atoms with Gasteiger partial charge in [-0.25, -0.2) is 4.79 Å². The van der Waals surface area contributed by atoms with Crippen molar-refractivity contribution < 1.29 is 9.53 Å². The summed E-state index contributed by atoms with van der Waals surface area (Å²) in [6, 6.07) is 6.43. The van der Waals surface area contributed by atoms with Crippen LogP contribution >= 0.6 is 11.6 Å². The highest BCUT2D eigenvalue weighted by Crippen LogP contribution is 2.24. The lowest BCUT2D eigenvalue weighted by molar-refractivity contribution is -0.144. The maximum absolute atomic E-state index is 11.7. The Balaban J connectivity index is 2.88. The minimum absolute atomic E-state index is 0.321. The number of hydrogen-bond acceptors (Lipinski definition) is 4. The molecule has 0 saturated carbocycles. The minimum Gasteiger partial charge on any atom is -0.464 e. The Kier molecular flexibility index (Phi) is 5.47. The fourth-order valence-corrected chi connectivity index (χ4v) is 1.64. The van der Waals surface area contributed by atoms with Gasteiger partial charge < -0.3 is 10.1 Å². The number of hydrogen-bond donors (Lipinski definition) is 1.